The average molecular weight is 394 g/mol. The standard InChI is InChI=1S/C18H24BrN3O2/c1-18(7-9-20-10-8-18)12-21-16(23)13-6-11-22(17(13)24)15-5-3-2-4-14(15)19/h2-5,13,20H,6-12H2,1H3,(H,21,23). The van der Waals surface area contributed by atoms with Gasteiger partial charge in [0.1, 0.15) is 5.92 Å². The van der Waals surface area contributed by atoms with Crippen LogP contribution in [0, 0.1) is 11.3 Å². The topological polar surface area (TPSA) is 61.4 Å². The van der Waals surface area contributed by atoms with Crippen LogP contribution in [0.25, 0.3) is 0 Å². The van der Waals surface area contributed by atoms with Crippen molar-refractivity contribution in [1.29, 1.82) is 0 Å². The van der Waals surface area contributed by atoms with E-state index in [-0.39, 0.29) is 17.2 Å². The van der Waals surface area contributed by atoms with Crippen LogP contribution in [0.15, 0.2) is 28.7 Å². The molecule has 2 heterocycles. The number of nitrogens with zero attached hydrogens (tertiary/aromatic N) is 1. The van der Waals surface area contributed by atoms with Gasteiger partial charge in [-0.1, -0.05) is 19.1 Å². The molecule has 0 radical (unpaired) electrons. The van der Waals surface area contributed by atoms with Crippen LogP contribution >= 0.6 is 15.9 Å². The maximum absolute atomic E-state index is 12.7. The molecule has 2 aliphatic heterocycles. The van der Waals surface area contributed by atoms with Crippen molar-refractivity contribution in [1.82, 2.24) is 10.6 Å². The maximum Gasteiger partial charge on any atom is 0.239 e. The van der Waals surface area contributed by atoms with E-state index in [0.29, 0.717) is 19.5 Å². The lowest BCUT2D eigenvalue weighted by molar-refractivity contribution is -0.132. The number of anilines is 1. The minimum absolute atomic E-state index is 0.102. The molecule has 0 aliphatic carbocycles. The summed E-state index contributed by atoms with van der Waals surface area (Å²) in [6.45, 7) is 5.42. The van der Waals surface area contributed by atoms with Crippen molar-refractivity contribution in [2.45, 2.75) is 26.2 Å². The number of rotatable bonds is 4. The zero-order chi connectivity index (χ0) is 17.2. The van der Waals surface area contributed by atoms with E-state index < -0.39 is 5.92 Å². The van der Waals surface area contributed by atoms with Gasteiger partial charge in [0.15, 0.2) is 0 Å². The molecule has 2 N–H and O–H groups in total. The van der Waals surface area contributed by atoms with Crippen molar-refractivity contribution in [2.24, 2.45) is 11.3 Å². The van der Waals surface area contributed by atoms with E-state index in [2.05, 4.69) is 33.5 Å². The third-order valence-corrected chi connectivity index (χ3v) is 5.84. The molecule has 2 aliphatic rings. The van der Waals surface area contributed by atoms with Gasteiger partial charge in [-0.15, -0.1) is 0 Å². The van der Waals surface area contributed by atoms with Crippen LogP contribution in [-0.4, -0.2) is 38.0 Å². The summed E-state index contributed by atoms with van der Waals surface area (Å²) in [7, 11) is 0. The molecule has 2 fully saturated rings. The Morgan fingerprint density at radius 2 is 2.08 bits per heavy atom. The van der Waals surface area contributed by atoms with Gasteiger partial charge in [0.05, 0.1) is 5.69 Å². The molecule has 1 unspecified atom stereocenters. The second-order valence-corrected chi connectivity index (χ2v) is 7.92. The number of para-hydroxylation sites is 1. The molecule has 1 atom stereocenters. The summed E-state index contributed by atoms with van der Waals surface area (Å²) in [5.41, 5.74) is 0.966. The fourth-order valence-electron chi connectivity index (χ4n) is 3.46. The third kappa shape index (κ3) is 3.64. The van der Waals surface area contributed by atoms with Crippen molar-refractivity contribution < 1.29 is 9.59 Å². The van der Waals surface area contributed by atoms with Crippen molar-refractivity contribution in [3.8, 4) is 0 Å². The summed E-state index contributed by atoms with van der Waals surface area (Å²) in [6.07, 6.45) is 2.67. The van der Waals surface area contributed by atoms with E-state index in [1.807, 2.05) is 24.3 Å². The van der Waals surface area contributed by atoms with Gasteiger partial charge in [-0.05, 0) is 65.8 Å². The predicted octanol–water partition coefficient (Wildman–Crippen LogP) is 2.31. The molecule has 6 heteroatoms. The van der Waals surface area contributed by atoms with Gasteiger partial charge in [-0.3, -0.25) is 9.59 Å². The number of amides is 2. The third-order valence-electron chi connectivity index (χ3n) is 5.17. The van der Waals surface area contributed by atoms with E-state index in [9.17, 15) is 9.59 Å². The highest BCUT2D eigenvalue weighted by Crippen LogP contribution is 2.32. The second-order valence-electron chi connectivity index (χ2n) is 7.06. The molecule has 1 aromatic rings. The van der Waals surface area contributed by atoms with Crippen LogP contribution in [0.5, 0.6) is 0 Å². The molecule has 3 rings (SSSR count). The van der Waals surface area contributed by atoms with Gasteiger partial charge >= 0.3 is 0 Å². The van der Waals surface area contributed by atoms with Gasteiger partial charge in [-0.25, -0.2) is 0 Å². The Morgan fingerprint density at radius 3 is 2.79 bits per heavy atom. The van der Waals surface area contributed by atoms with Crippen LogP contribution in [0.1, 0.15) is 26.2 Å². The van der Waals surface area contributed by atoms with E-state index in [4.69, 9.17) is 0 Å². The molecule has 24 heavy (non-hydrogen) atoms. The summed E-state index contributed by atoms with van der Waals surface area (Å²) in [5, 5.41) is 6.37. The SMILES string of the molecule is CC1(CNC(=O)C2CCN(c3ccccc3Br)C2=O)CCNCC1. The molecule has 2 saturated heterocycles. The summed E-state index contributed by atoms with van der Waals surface area (Å²) in [4.78, 5) is 26.9. The Kier molecular flexibility index (Phi) is 5.25. The minimum atomic E-state index is -0.567. The molecule has 130 valence electrons. The first-order valence-electron chi connectivity index (χ1n) is 8.54. The zero-order valence-corrected chi connectivity index (χ0v) is 15.6. The second kappa shape index (κ2) is 7.23. The average Bonchev–Trinajstić information content (AvgIpc) is 2.95. The summed E-state index contributed by atoms with van der Waals surface area (Å²) in [5.74, 6) is -0.799. The summed E-state index contributed by atoms with van der Waals surface area (Å²) < 4.78 is 0.877. The van der Waals surface area contributed by atoms with Gasteiger partial charge < -0.3 is 15.5 Å². The molecule has 5 nitrogen and oxygen atoms in total. The van der Waals surface area contributed by atoms with Crippen molar-refractivity contribution in [2.75, 3.05) is 31.1 Å². The number of piperidine rings is 1. The normalized spacial score (nSPS) is 23.3. The number of halogens is 1. The number of hydrogen-bond acceptors (Lipinski definition) is 3. The molecular formula is C18H24BrN3O2. The first-order valence-corrected chi connectivity index (χ1v) is 9.34. The number of hydrogen-bond donors (Lipinski definition) is 2. The number of carbonyl (C=O) groups is 2. The van der Waals surface area contributed by atoms with E-state index in [1.54, 1.807) is 4.90 Å². The molecule has 0 saturated carbocycles. The predicted molar refractivity (Wildman–Crippen MR) is 97.8 cm³/mol. The lowest BCUT2D eigenvalue weighted by Crippen LogP contribution is -2.45. The fraction of sp³-hybridized carbons (Fsp3) is 0.556. The van der Waals surface area contributed by atoms with E-state index in [0.717, 1.165) is 36.1 Å². The van der Waals surface area contributed by atoms with E-state index >= 15 is 0 Å². The number of carbonyl (C=O) groups excluding carboxylic acids is 2. The smallest absolute Gasteiger partial charge is 0.239 e. The van der Waals surface area contributed by atoms with Crippen LogP contribution < -0.4 is 15.5 Å². The lowest BCUT2D eigenvalue weighted by Gasteiger charge is -2.34. The maximum atomic E-state index is 12.7. The Hall–Kier alpha value is -1.40. The van der Waals surface area contributed by atoms with Crippen molar-refractivity contribution in [3.05, 3.63) is 28.7 Å². The highest BCUT2D eigenvalue weighted by molar-refractivity contribution is 9.10. The van der Waals surface area contributed by atoms with E-state index in [1.165, 1.54) is 0 Å². The first kappa shape index (κ1) is 17.4. The minimum Gasteiger partial charge on any atom is -0.355 e. The summed E-state index contributed by atoms with van der Waals surface area (Å²) in [6, 6.07) is 7.63. The molecule has 0 spiro atoms. The van der Waals surface area contributed by atoms with Crippen LogP contribution in [-0.2, 0) is 9.59 Å². The highest BCUT2D eigenvalue weighted by atomic mass is 79.9. The largest absolute Gasteiger partial charge is 0.355 e. The van der Waals surface area contributed by atoms with Crippen LogP contribution in [0.3, 0.4) is 0 Å². The molecule has 2 amide bonds. The van der Waals surface area contributed by atoms with Gasteiger partial charge in [0.2, 0.25) is 11.8 Å². The Balaban J connectivity index is 1.60. The molecular weight excluding hydrogens is 370 g/mol. The zero-order valence-electron chi connectivity index (χ0n) is 14.0. The summed E-state index contributed by atoms with van der Waals surface area (Å²) >= 11 is 3.48. The monoisotopic (exact) mass is 393 g/mol. The van der Waals surface area contributed by atoms with Crippen molar-refractivity contribution in [3.63, 3.8) is 0 Å². The molecule has 0 bridgehead atoms. The quantitative estimate of drug-likeness (QED) is 0.771. The Labute approximate surface area is 151 Å². The number of nitrogens with one attached hydrogen (secondary N) is 2. The molecule has 1 aromatic carbocycles. The van der Waals surface area contributed by atoms with Crippen LogP contribution in [0.2, 0.25) is 0 Å². The van der Waals surface area contributed by atoms with Gasteiger partial charge in [0.25, 0.3) is 0 Å². The van der Waals surface area contributed by atoms with Gasteiger partial charge in [-0.2, -0.15) is 0 Å². The molecule has 0 aromatic heterocycles. The Bertz CT molecular complexity index is 628. The first-order chi connectivity index (χ1) is 11.5. The van der Waals surface area contributed by atoms with Gasteiger partial charge in [0, 0.05) is 17.6 Å². The lowest BCUT2D eigenvalue weighted by atomic mass is 9.81. The highest BCUT2D eigenvalue weighted by Gasteiger charge is 2.39. The number of benzene rings is 1. The van der Waals surface area contributed by atoms with Crippen LogP contribution in [0.4, 0.5) is 5.69 Å². The Morgan fingerprint density at radius 1 is 1.38 bits per heavy atom. The van der Waals surface area contributed by atoms with Crippen molar-refractivity contribution >= 4 is 33.4 Å². The fourth-order valence-corrected chi connectivity index (χ4v) is 3.96.